The summed E-state index contributed by atoms with van der Waals surface area (Å²) in [7, 11) is 0. The van der Waals surface area contributed by atoms with E-state index in [4.69, 9.17) is 4.74 Å². The molecule has 0 aliphatic carbocycles. The van der Waals surface area contributed by atoms with Crippen LogP contribution in [0.25, 0.3) is 10.9 Å². The van der Waals surface area contributed by atoms with Crippen molar-refractivity contribution in [3.8, 4) is 0 Å². The smallest absolute Gasteiger partial charge is 0.410 e. The second-order valence-electron chi connectivity index (χ2n) is 6.85. The van der Waals surface area contributed by atoms with Gasteiger partial charge in [0.05, 0.1) is 12.6 Å². The first-order valence-electron chi connectivity index (χ1n) is 8.99. The molecule has 1 unspecified atom stereocenters. The van der Waals surface area contributed by atoms with Crippen LogP contribution in [0.5, 0.6) is 0 Å². The van der Waals surface area contributed by atoms with Crippen LogP contribution < -0.4 is 0 Å². The molecular weight excluding hydrogens is 363 g/mol. The number of amides is 1. The van der Waals surface area contributed by atoms with Crippen LogP contribution in [0.1, 0.15) is 22.3 Å². The van der Waals surface area contributed by atoms with Crippen LogP contribution in [0.4, 0.5) is 9.18 Å². The molecule has 0 bridgehead atoms. The zero-order valence-electron chi connectivity index (χ0n) is 15.0. The summed E-state index contributed by atoms with van der Waals surface area (Å²) in [4.78, 5) is 29.7. The predicted molar refractivity (Wildman–Crippen MR) is 100 cm³/mol. The number of nitrogens with one attached hydrogen (secondary N) is 1. The fourth-order valence-electron chi connectivity index (χ4n) is 3.55. The molecule has 2 heterocycles. The third kappa shape index (κ3) is 3.48. The highest BCUT2D eigenvalue weighted by molar-refractivity contribution is 6.11. The molecule has 0 radical (unpaired) electrons. The van der Waals surface area contributed by atoms with E-state index in [9.17, 15) is 19.1 Å². The lowest BCUT2D eigenvalue weighted by molar-refractivity contribution is 0.0730. The number of ketones is 1. The van der Waals surface area contributed by atoms with Crippen molar-refractivity contribution in [3.63, 3.8) is 0 Å². The van der Waals surface area contributed by atoms with E-state index >= 15 is 0 Å². The first kappa shape index (κ1) is 18.2. The number of hydrogen-bond donors (Lipinski definition) is 2. The Morgan fingerprint density at radius 3 is 2.79 bits per heavy atom. The van der Waals surface area contributed by atoms with Crippen LogP contribution in [-0.4, -0.2) is 45.6 Å². The molecule has 4 rings (SSSR count). The lowest BCUT2D eigenvalue weighted by Crippen LogP contribution is -2.41. The summed E-state index contributed by atoms with van der Waals surface area (Å²) in [6.07, 6.45) is 0.183. The highest BCUT2D eigenvalue weighted by atomic mass is 19.1. The molecule has 28 heavy (non-hydrogen) atoms. The van der Waals surface area contributed by atoms with Gasteiger partial charge in [-0.25, -0.2) is 9.18 Å². The van der Waals surface area contributed by atoms with Crippen molar-refractivity contribution in [1.82, 2.24) is 9.88 Å². The minimum atomic E-state index is -0.831. The fourth-order valence-corrected chi connectivity index (χ4v) is 3.55. The summed E-state index contributed by atoms with van der Waals surface area (Å²) >= 11 is 0. The number of fused-ring (bicyclic) bond motifs is 1. The Morgan fingerprint density at radius 1 is 1.21 bits per heavy atom. The Labute approximate surface area is 160 Å². The van der Waals surface area contributed by atoms with Gasteiger partial charge in [-0.05, 0) is 23.8 Å². The Balaban J connectivity index is 1.53. The highest BCUT2D eigenvalue weighted by Gasteiger charge is 2.40. The number of carbonyl (C=O) groups excluding carboxylic acids is 2. The molecule has 1 fully saturated rings. The molecule has 2 N–H and O–H groups in total. The van der Waals surface area contributed by atoms with Gasteiger partial charge in [0.15, 0.2) is 5.78 Å². The molecule has 2 atom stereocenters. The Morgan fingerprint density at radius 2 is 2.00 bits per heavy atom. The zero-order valence-corrected chi connectivity index (χ0v) is 15.0. The highest BCUT2D eigenvalue weighted by Crippen LogP contribution is 2.27. The number of aliphatic hydroxyl groups is 1. The number of ether oxygens (including phenoxy) is 1. The van der Waals surface area contributed by atoms with Gasteiger partial charge in [0, 0.05) is 29.1 Å². The Bertz CT molecular complexity index is 1020. The number of halogens is 1. The molecule has 0 saturated carbocycles. The maximum atomic E-state index is 13.4. The van der Waals surface area contributed by atoms with E-state index in [1.54, 1.807) is 0 Å². The molecule has 6 nitrogen and oxygen atoms in total. The van der Waals surface area contributed by atoms with Crippen molar-refractivity contribution in [2.24, 2.45) is 0 Å². The summed E-state index contributed by atoms with van der Waals surface area (Å²) in [6.45, 7) is 0.112. The van der Waals surface area contributed by atoms with Gasteiger partial charge < -0.3 is 14.8 Å². The van der Waals surface area contributed by atoms with Gasteiger partial charge in [0.25, 0.3) is 0 Å². The molecule has 1 aliphatic rings. The monoisotopic (exact) mass is 382 g/mol. The number of rotatable bonds is 4. The van der Waals surface area contributed by atoms with E-state index in [1.807, 2.05) is 30.3 Å². The molecule has 1 aliphatic heterocycles. The van der Waals surface area contributed by atoms with Crippen LogP contribution in [0.2, 0.25) is 0 Å². The predicted octanol–water partition coefficient (Wildman–Crippen LogP) is 3.26. The van der Waals surface area contributed by atoms with E-state index in [0.717, 1.165) is 5.56 Å². The fraction of sp³-hybridized carbons (Fsp3) is 0.238. The number of nitrogens with zero attached hydrogens (tertiary/aromatic N) is 1. The van der Waals surface area contributed by atoms with Crippen molar-refractivity contribution >= 4 is 22.8 Å². The van der Waals surface area contributed by atoms with E-state index < -0.39 is 24.1 Å². The number of benzene rings is 2. The molecule has 2 aromatic carbocycles. The van der Waals surface area contributed by atoms with E-state index in [1.165, 1.54) is 29.3 Å². The molecular formula is C21H19FN2O4. The summed E-state index contributed by atoms with van der Waals surface area (Å²) in [5.74, 6) is -0.721. The molecule has 1 aromatic heterocycles. The number of likely N-dealkylation sites (tertiary alicyclic amines) is 1. The van der Waals surface area contributed by atoms with Gasteiger partial charge in [0.1, 0.15) is 18.5 Å². The summed E-state index contributed by atoms with van der Waals surface area (Å²) in [5.41, 5.74) is 1.69. The maximum absolute atomic E-state index is 13.4. The Hall–Kier alpha value is -3.19. The SMILES string of the molecule is O=C(c1c[nH]c2cc(F)ccc12)[C@@H]1CC(O)CN1C(=O)OCc1ccccc1. The van der Waals surface area contributed by atoms with Gasteiger partial charge >= 0.3 is 6.09 Å². The number of hydrogen-bond acceptors (Lipinski definition) is 4. The van der Waals surface area contributed by atoms with Crippen molar-refractivity contribution in [1.29, 1.82) is 0 Å². The maximum Gasteiger partial charge on any atom is 0.410 e. The van der Waals surface area contributed by atoms with Gasteiger partial charge in [-0.2, -0.15) is 0 Å². The third-order valence-corrected chi connectivity index (χ3v) is 4.93. The van der Waals surface area contributed by atoms with E-state index in [0.29, 0.717) is 16.5 Å². The second-order valence-corrected chi connectivity index (χ2v) is 6.85. The first-order chi connectivity index (χ1) is 13.5. The average molecular weight is 382 g/mol. The van der Waals surface area contributed by atoms with Crippen LogP contribution in [-0.2, 0) is 11.3 Å². The standard InChI is InChI=1S/C21H19FN2O4/c22-14-6-7-16-17(10-23-18(16)8-14)20(26)19-9-15(25)11-24(19)21(27)28-12-13-4-2-1-3-5-13/h1-8,10,15,19,23,25H,9,11-12H2/t15?,19-/m0/s1. The number of H-pyrrole nitrogens is 1. The topological polar surface area (TPSA) is 82.6 Å². The molecule has 1 saturated heterocycles. The summed E-state index contributed by atoms with van der Waals surface area (Å²) in [6, 6.07) is 12.5. The molecule has 3 aromatic rings. The van der Waals surface area contributed by atoms with Crippen molar-refractivity contribution < 1.29 is 23.8 Å². The number of Topliss-reactive ketones (excluding diaryl/α,β-unsaturated/α-hetero) is 1. The van der Waals surface area contributed by atoms with E-state index in [-0.39, 0.29) is 25.4 Å². The number of carbonyl (C=O) groups is 2. The first-order valence-corrected chi connectivity index (χ1v) is 8.99. The quantitative estimate of drug-likeness (QED) is 0.679. The average Bonchev–Trinajstić information content (AvgIpc) is 3.29. The van der Waals surface area contributed by atoms with Crippen LogP contribution >= 0.6 is 0 Å². The molecule has 7 heteroatoms. The number of β-amino-alcohol motifs (C(OH)–C–C–N with tert-alkyl or cyclic N) is 1. The normalized spacial score (nSPS) is 19.1. The lowest BCUT2D eigenvalue weighted by Gasteiger charge is -2.22. The number of aliphatic hydroxyl groups excluding tert-OH is 1. The van der Waals surface area contributed by atoms with Gasteiger partial charge in [-0.15, -0.1) is 0 Å². The van der Waals surface area contributed by atoms with Gasteiger partial charge in [-0.3, -0.25) is 9.69 Å². The molecule has 144 valence electrons. The van der Waals surface area contributed by atoms with Gasteiger partial charge in [-0.1, -0.05) is 30.3 Å². The third-order valence-electron chi connectivity index (χ3n) is 4.93. The van der Waals surface area contributed by atoms with Crippen molar-refractivity contribution in [2.45, 2.75) is 25.2 Å². The minimum absolute atomic E-state index is 0.0288. The van der Waals surface area contributed by atoms with Crippen LogP contribution in [0.3, 0.4) is 0 Å². The number of aromatic nitrogens is 1. The molecule has 0 spiro atoms. The lowest BCUT2D eigenvalue weighted by atomic mass is 10.0. The van der Waals surface area contributed by atoms with Crippen molar-refractivity contribution in [2.75, 3.05) is 6.54 Å². The molecule has 1 amide bonds. The minimum Gasteiger partial charge on any atom is -0.445 e. The Kier molecular flexibility index (Phi) is 4.83. The number of aromatic amines is 1. The van der Waals surface area contributed by atoms with Crippen molar-refractivity contribution in [3.05, 3.63) is 71.7 Å². The van der Waals surface area contributed by atoms with E-state index in [2.05, 4.69) is 4.98 Å². The summed E-state index contributed by atoms with van der Waals surface area (Å²) in [5, 5.41) is 10.6. The van der Waals surface area contributed by atoms with Crippen LogP contribution in [0, 0.1) is 5.82 Å². The largest absolute Gasteiger partial charge is 0.445 e. The van der Waals surface area contributed by atoms with Crippen LogP contribution in [0.15, 0.2) is 54.7 Å². The zero-order chi connectivity index (χ0) is 19.7. The van der Waals surface area contributed by atoms with Gasteiger partial charge in [0.2, 0.25) is 0 Å². The second kappa shape index (κ2) is 7.44. The summed E-state index contributed by atoms with van der Waals surface area (Å²) < 4.78 is 18.7.